The molecule has 1 atom stereocenters. The van der Waals surface area contributed by atoms with Crippen molar-refractivity contribution in [2.75, 3.05) is 6.54 Å². The van der Waals surface area contributed by atoms with Crippen LogP contribution in [0.5, 0.6) is 0 Å². The van der Waals surface area contributed by atoms with E-state index >= 15 is 0 Å². The van der Waals surface area contributed by atoms with Crippen molar-refractivity contribution >= 4 is 21.8 Å². The molecule has 0 bridgehead atoms. The van der Waals surface area contributed by atoms with Crippen molar-refractivity contribution in [2.45, 2.75) is 32.2 Å². The Labute approximate surface area is 104 Å². The van der Waals surface area contributed by atoms with Crippen LogP contribution in [0.2, 0.25) is 0 Å². The summed E-state index contributed by atoms with van der Waals surface area (Å²) in [6.07, 6.45) is 3.42. The standard InChI is InChI=1S/C12H15BrN2O/c1-9-5-2-3-8-15(9)12(16)10-6-4-7-11(13)14-10/h4,6-7,9H,2-3,5,8H2,1H3. The third-order valence-corrected chi connectivity index (χ3v) is 3.44. The molecule has 1 aliphatic rings. The highest BCUT2D eigenvalue weighted by Gasteiger charge is 2.24. The van der Waals surface area contributed by atoms with Gasteiger partial charge >= 0.3 is 0 Å². The van der Waals surface area contributed by atoms with Crippen molar-refractivity contribution in [1.82, 2.24) is 9.88 Å². The van der Waals surface area contributed by atoms with Gasteiger partial charge in [0.1, 0.15) is 10.3 Å². The number of piperidine rings is 1. The number of aromatic nitrogens is 1. The summed E-state index contributed by atoms with van der Waals surface area (Å²) in [5, 5.41) is 0. The molecule has 1 amide bonds. The number of amides is 1. The summed E-state index contributed by atoms with van der Waals surface area (Å²) in [6.45, 7) is 2.96. The SMILES string of the molecule is CC1CCCCN1C(=O)c1cccc(Br)n1. The van der Waals surface area contributed by atoms with Gasteiger partial charge in [0.05, 0.1) is 0 Å². The number of pyridine rings is 1. The third-order valence-electron chi connectivity index (χ3n) is 3.00. The van der Waals surface area contributed by atoms with Gasteiger partial charge < -0.3 is 4.90 Å². The Morgan fingerprint density at radius 3 is 3.00 bits per heavy atom. The molecule has 0 aromatic carbocycles. The Kier molecular flexibility index (Phi) is 3.59. The maximum absolute atomic E-state index is 12.2. The van der Waals surface area contributed by atoms with Gasteiger partial charge in [-0.05, 0) is 54.2 Å². The number of nitrogens with zero attached hydrogens (tertiary/aromatic N) is 2. The van der Waals surface area contributed by atoms with Crippen LogP contribution < -0.4 is 0 Å². The Morgan fingerprint density at radius 2 is 2.31 bits per heavy atom. The van der Waals surface area contributed by atoms with Crippen molar-refractivity contribution in [1.29, 1.82) is 0 Å². The van der Waals surface area contributed by atoms with E-state index in [1.54, 1.807) is 6.07 Å². The Morgan fingerprint density at radius 1 is 1.50 bits per heavy atom. The number of carbonyl (C=O) groups excluding carboxylic acids is 1. The molecule has 1 saturated heterocycles. The fraction of sp³-hybridized carbons (Fsp3) is 0.500. The lowest BCUT2D eigenvalue weighted by Gasteiger charge is -2.33. The van der Waals surface area contributed by atoms with Crippen LogP contribution in [-0.2, 0) is 0 Å². The van der Waals surface area contributed by atoms with E-state index in [9.17, 15) is 4.79 Å². The van der Waals surface area contributed by atoms with Gasteiger partial charge in [-0.15, -0.1) is 0 Å². The average molecular weight is 283 g/mol. The van der Waals surface area contributed by atoms with Gasteiger partial charge in [0, 0.05) is 12.6 Å². The fourth-order valence-electron chi connectivity index (χ4n) is 2.07. The molecule has 3 nitrogen and oxygen atoms in total. The molecule has 16 heavy (non-hydrogen) atoms. The van der Waals surface area contributed by atoms with Crippen molar-refractivity contribution in [2.24, 2.45) is 0 Å². The van der Waals surface area contributed by atoms with Crippen LogP contribution in [0.1, 0.15) is 36.7 Å². The molecule has 2 rings (SSSR count). The average Bonchev–Trinajstić information content (AvgIpc) is 2.29. The molecular formula is C12H15BrN2O. The predicted octanol–water partition coefficient (Wildman–Crippen LogP) is 2.86. The molecule has 1 unspecified atom stereocenters. The molecule has 0 spiro atoms. The van der Waals surface area contributed by atoms with Gasteiger partial charge in [-0.3, -0.25) is 4.79 Å². The highest BCUT2D eigenvalue weighted by molar-refractivity contribution is 9.10. The Bertz CT molecular complexity index is 394. The lowest BCUT2D eigenvalue weighted by Crippen LogP contribution is -2.42. The minimum Gasteiger partial charge on any atom is -0.335 e. The highest BCUT2D eigenvalue weighted by atomic mass is 79.9. The third kappa shape index (κ3) is 2.43. The summed E-state index contributed by atoms with van der Waals surface area (Å²) in [4.78, 5) is 18.3. The van der Waals surface area contributed by atoms with E-state index in [0.29, 0.717) is 16.3 Å². The zero-order valence-electron chi connectivity index (χ0n) is 9.32. The molecule has 1 fully saturated rings. The number of hydrogen-bond donors (Lipinski definition) is 0. The van der Waals surface area contributed by atoms with Crippen LogP contribution in [-0.4, -0.2) is 28.4 Å². The smallest absolute Gasteiger partial charge is 0.272 e. The monoisotopic (exact) mass is 282 g/mol. The zero-order chi connectivity index (χ0) is 11.5. The molecule has 1 aromatic heterocycles. The highest BCUT2D eigenvalue weighted by Crippen LogP contribution is 2.19. The lowest BCUT2D eigenvalue weighted by atomic mass is 10.0. The van der Waals surface area contributed by atoms with E-state index in [0.717, 1.165) is 19.4 Å². The van der Waals surface area contributed by atoms with Crippen LogP contribution >= 0.6 is 15.9 Å². The molecule has 2 heterocycles. The van der Waals surface area contributed by atoms with E-state index in [1.165, 1.54) is 6.42 Å². The first-order valence-corrected chi connectivity index (χ1v) is 6.41. The van der Waals surface area contributed by atoms with Crippen LogP contribution in [0.15, 0.2) is 22.8 Å². The first kappa shape index (κ1) is 11.6. The second-order valence-corrected chi connectivity index (χ2v) is 5.00. The second kappa shape index (κ2) is 4.95. The van der Waals surface area contributed by atoms with Crippen LogP contribution in [0.3, 0.4) is 0 Å². The topological polar surface area (TPSA) is 33.2 Å². The van der Waals surface area contributed by atoms with E-state index in [1.807, 2.05) is 17.0 Å². The largest absolute Gasteiger partial charge is 0.335 e. The molecule has 0 aliphatic carbocycles. The predicted molar refractivity (Wildman–Crippen MR) is 66.3 cm³/mol. The first-order chi connectivity index (χ1) is 7.68. The number of halogens is 1. The van der Waals surface area contributed by atoms with E-state index in [4.69, 9.17) is 0 Å². The maximum Gasteiger partial charge on any atom is 0.272 e. The molecule has 1 aliphatic heterocycles. The molecule has 1 aromatic rings. The quantitative estimate of drug-likeness (QED) is 0.742. The van der Waals surface area contributed by atoms with Gasteiger partial charge in [0.15, 0.2) is 0 Å². The Hall–Kier alpha value is -0.900. The van der Waals surface area contributed by atoms with Crippen molar-refractivity contribution in [3.05, 3.63) is 28.5 Å². The second-order valence-electron chi connectivity index (χ2n) is 4.19. The summed E-state index contributed by atoms with van der Waals surface area (Å²) in [5.41, 5.74) is 0.531. The summed E-state index contributed by atoms with van der Waals surface area (Å²) >= 11 is 3.29. The minimum atomic E-state index is 0.0495. The number of likely N-dealkylation sites (tertiary alicyclic amines) is 1. The number of carbonyl (C=O) groups is 1. The molecule has 4 heteroatoms. The summed E-state index contributed by atoms with van der Waals surface area (Å²) in [5.74, 6) is 0.0495. The van der Waals surface area contributed by atoms with Crippen molar-refractivity contribution < 1.29 is 4.79 Å². The van der Waals surface area contributed by atoms with Gasteiger partial charge in [-0.25, -0.2) is 4.98 Å². The molecular weight excluding hydrogens is 268 g/mol. The van der Waals surface area contributed by atoms with E-state index in [-0.39, 0.29) is 5.91 Å². The minimum absolute atomic E-state index is 0.0495. The maximum atomic E-state index is 12.2. The van der Waals surface area contributed by atoms with Gasteiger partial charge in [-0.1, -0.05) is 6.07 Å². The van der Waals surface area contributed by atoms with E-state index < -0.39 is 0 Å². The lowest BCUT2D eigenvalue weighted by molar-refractivity contribution is 0.0629. The molecule has 0 radical (unpaired) electrons. The van der Waals surface area contributed by atoms with Crippen LogP contribution in [0.25, 0.3) is 0 Å². The summed E-state index contributed by atoms with van der Waals surface area (Å²) < 4.78 is 0.711. The number of rotatable bonds is 1. The van der Waals surface area contributed by atoms with Crippen LogP contribution in [0.4, 0.5) is 0 Å². The van der Waals surface area contributed by atoms with Crippen molar-refractivity contribution in [3.8, 4) is 0 Å². The molecule has 86 valence electrons. The fourth-order valence-corrected chi connectivity index (χ4v) is 2.42. The number of hydrogen-bond acceptors (Lipinski definition) is 2. The van der Waals surface area contributed by atoms with Crippen molar-refractivity contribution in [3.63, 3.8) is 0 Å². The molecule has 0 saturated carbocycles. The van der Waals surface area contributed by atoms with Crippen LogP contribution in [0, 0.1) is 0 Å². The Balaban J connectivity index is 2.17. The van der Waals surface area contributed by atoms with Gasteiger partial charge in [0.25, 0.3) is 5.91 Å². The van der Waals surface area contributed by atoms with Gasteiger partial charge in [0.2, 0.25) is 0 Å². The normalized spacial score (nSPS) is 20.9. The zero-order valence-corrected chi connectivity index (χ0v) is 10.9. The summed E-state index contributed by atoms with van der Waals surface area (Å²) in [6, 6.07) is 5.78. The first-order valence-electron chi connectivity index (χ1n) is 5.62. The summed E-state index contributed by atoms with van der Waals surface area (Å²) in [7, 11) is 0. The molecule has 0 N–H and O–H groups in total. The van der Waals surface area contributed by atoms with Gasteiger partial charge in [-0.2, -0.15) is 0 Å². The van der Waals surface area contributed by atoms with E-state index in [2.05, 4.69) is 27.8 Å².